The van der Waals surface area contributed by atoms with Crippen LogP contribution in [0.25, 0.3) is 0 Å². The molecule has 0 bridgehead atoms. The van der Waals surface area contributed by atoms with E-state index in [0.29, 0.717) is 6.54 Å². The smallest absolute Gasteiger partial charge is 0.0719 e. The van der Waals surface area contributed by atoms with Crippen LogP contribution in [0.2, 0.25) is 0 Å². The maximum Gasteiger partial charge on any atom is 0.0719 e. The third-order valence-corrected chi connectivity index (χ3v) is 2.54. The highest BCUT2D eigenvalue weighted by atomic mass is 16.5. The van der Waals surface area contributed by atoms with Gasteiger partial charge in [-0.2, -0.15) is 0 Å². The lowest BCUT2D eigenvalue weighted by molar-refractivity contribution is 0.117. The van der Waals surface area contributed by atoms with Gasteiger partial charge in [-0.1, -0.05) is 31.5 Å². The van der Waals surface area contributed by atoms with Crippen LogP contribution in [-0.4, -0.2) is 6.61 Å². The second-order valence-electron chi connectivity index (χ2n) is 3.87. The Hall–Kier alpha value is -0.860. The Morgan fingerprint density at radius 1 is 1.33 bits per heavy atom. The topological polar surface area (TPSA) is 35.2 Å². The molecule has 0 saturated carbocycles. The Bertz CT molecular complexity index is 297. The van der Waals surface area contributed by atoms with Gasteiger partial charge in [-0.3, -0.25) is 0 Å². The quantitative estimate of drug-likeness (QED) is 0.728. The molecule has 0 heterocycles. The van der Waals surface area contributed by atoms with Gasteiger partial charge in [-0.25, -0.2) is 0 Å². The first kappa shape index (κ1) is 12.2. The Morgan fingerprint density at radius 3 is 2.73 bits per heavy atom. The molecular formula is C13H21NO. The van der Waals surface area contributed by atoms with Crippen LogP contribution in [0.5, 0.6) is 0 Å². The standard InChI is InChI=1S/C13H21NO/c1-3-4-7-15-10-13-6-5-12(9-14)8-11(13)2/h5-6,8H,3-4,7,9-10,14H2,1-2H3. The minimum atomic E-state index is 0.609. The normalized spacial score (nSPS) is 10.6. The highest BCUT2D eigenvalue weighted by molar-refractivity contribution is 5.30. The van der Waals surface area contributed by atoms with Gasteiger partial charge in [0, 0.05) is 13.2 Å². The summed E-state index contributed by atoms with van der Waals surface area (Å²) in [5, 5.41) is 0. The van der Waals surface area contributed by atoms with Crippen molar-refractivity contribution in [3.63, 3.8) is 0 Å². The molecule has 0 fully saturated rings. The maximum atomic E-state index is 5.58. The van der Waals surface area contributed by atoms with E-state index in [0.717, 1.165) is 19.6 Å². The summed E-state index contributed by atoms with van der Waals surface area (Å²) in [6, 6.07) is 6.33. The van der Waals surface area contributed by atoms with Gasteiger partial charge < -0.3 is 10.5 Å². The maximum absolute atomic E-state index is 5.58. The molecule has 0 radical (unpaired) electrons. The van der Waals surface area contributed by atoms with Crippen LogP contribution in [0.1, 0.15) is 36.5 Å². The first-order valence-electron chi connectivity index (χ1n) is 5.64. The molecule has 0 aliphatic rings. The number of hydrogen-bond acceptors (Lipinski definition) is 2. The van der Waals surface area contributed by atoms with Crippen LogP contribution >= 0.6 is 0 Å². The van der Waals surface area contributed by atoms with Crippen LogP contribution in [0.3, 0.4) is 0 Å². The molecule has 1 rings (SSSR count). The lowest BCUT2D eigenvalue weighted by Gasteiger charge is -2.08. The minimum absolute atomic E-state index is 0.609. The number of nitrogens with two attached hydrogens (primary N) is 1. The van der Waals surface area contributed by atoms with Crippen molar-refractivity contribution in [3.05, 3.63) is 34.9 Å². The van der Waals surface area contributed by atoms with Crippen molar-refractivity contribution in [1.29, 1.82) is 0 Å². The third-order valence-electron chi connectivity index (χ3n) is 2.54. The number of benzene rings is 1. The molecule has 0 aliphatic heterocycles. The molecule has 0 spiro atoms. The van der Waals surface area contributed by atoms with Crippen LogP contribution in [0, 0.1) is 6.92 Å². The summed E-state index contributed by atoms with van der Waals surface area (Å²) in [6.07, 6.45) is 2.32. The first-order valence-corrected chi connectivity index (χ1v) is 5.64. The highest BCUT2D eigenvalue weighted by Gasteiger charge is 1.99. The molecule has 84 valence electrons. The molecule has 2 N–H and O–H groups in total. The molecular weight excluding hydrogens is 186 g/mol. The van der Waals surface area contributed by atoms with E-state index in [1.54, 1.807) is 0 Å². The molecule has 0 atom stereocenters. The molecule has 15 heavy (non-hydrogen) atoms. The molecule has 0 unspecified atom stereocenters. The largest absolute Gasteiger partial charge is 0.377 e. The number of unbranched alkanes of at least 4 members (excludes halogenated alkanes) is 1. The van der Waals surface area contributed by atoms with E-state index in [1.807, 2.05) is 0 Å². The minimum Gasteiger partial charge on any atom is -0.377 e. The van der Waals surface area contributed by atoms with E-state index in [-0.39, 0.29) is 0 Å². The summed E-state index contributed by atoms with van der Waals surface area (Å²) in [5.74, 6) is 0. The summed E-state index contributed by atoms with van der Waals surface area (Å²) in [6.45, 7) is 6.46. The predicted molar refractivity (Wildman–Crippen MR) is 63.6 cm³/mol. The van der Waals surface area contributed by atoms with E-state index in [9.17, 15) is 0 Å². The van der Waals surface area contributed by atoms with Gasteiger partial charge in [0.25, 0.3) is 0 Å². The number of ether oxygens (including phenoxy) is 1. The summed E-state index contributed by atoms with van der Waals surface area (Å²) >= 11 is 0. The van der Waals surface area contributed by atoms with Crippen LogP contribution in [0.4, 0.5) is 0 Å². The van der Waals surface area contributed by atoms with Gasteiger partial charge in [0.05, 0.1) is 6.61 Å². The van der Waals surface area contributed by atoms with E-state index in [1.165, 1.54) is 23.1 Å². The van der Waals surface area contributed by atoms with Crippen molar-refractivity contribution in [2.45, 2.75) is 39.8 Å². The second kappa shape index (κ2) is 6.59. The fourth-order valence-electron chi connectivity index (χ4n) is 1.48. The zero-order valence-corrected chi connectivity index (χ0v) is 9.75. The van der Waals surface area contributed by atoms with Crippen molar-refractivity contribution in [2.24, 2.45) is 5.73 Å². The average Bonchev–Trinajstić information content (AvgIpc) is 2.26. The highest BCUT2D eigenvalue weighted by Crippen LogP contribution is 2.12. The van der Waals surface area contributed by atoms with Crippen molar-refractivity contribution in [3.8, 4) is 0 Å². The zero-order valence-electron chi connectivity index (χ0n) is 9.75. The molecule has 0 aliphatic carbocycles. The number of rotatable bonds is 6. The summed E-state index contributed by atoms with van der Waals surface area (Å²) in [4.78, 5) is 0. The van der Waals surface area contributed by atoms with Gasteiger partial charge in [0.2, 0.25) is 0 Å². The van der Waals surface area contributed by atoms with Crippen LogP contribution in [-0.2, 0) is 17.9 Å². The van der Waals surface area contributed by atoms with E-state index < -0.39 is 0 Å². The fraction of sp³-hybridized carbons (Fsp3) is 0.538. The van der Waals surface area contributed by atoms with E-state index in [4.69, 9.17) is 10.5 Å². The Balaban J connectivity index is 2.47. The van der Waals surface area contributed by atoms with Crippen LogP contribution in [0.15, 0.2) is 18.2 Å². The van der Waals surface area contributed by atoms with E-state index >= 15 is 0 Å². The number of hydrogen-bond donors (Lipinski definition) is 1. The van der Waals surface area contributed by atoms with Gasteiger partial charge in [0.1, 0.15) is 0 Å². The fourth-order valence-corrected chi connectivity index (χ4v) is 1.48. The monoisotopic (exact) mass is 207 g/mol. The van der Waals surface area contributed by atoms with Gasteiger partial charge in [-0.05, 0) is 30.0 Å². The van der Waals surface area contributed by atoms with Crippen molar-refractivity contribution < 1.29 is 4.74 Å². The van der Waals surface area contributed by atoms with E-state index in [2.05, 4.69) is 32.0 Å². The second-order valence-corrected chi connectivity index (χ2v) is 3.87. The molecule has 2 nitrogen and oxygen atoms in total. The zero-order chi connectivity index (χ0) is 11.1. The van der Waals surface area contributed by atoms with Crippen molar-refractivity contribution >= 4 is 0 Å². The van der Waals surface area contributed by atoms with Crippen molar-refractivity contribution in [1.82, 2.24) is 0 Å². The van der Waals surface area contributed by atoms with Crippen molar-refractivity contribution in [2.75, 3.05) is 6.61 Å². The summed E-state index contributed by atoms with van der Waals surface area (Å²) < 4.78 is 5.58. The third kappa shape index (κ3) is 4.02. The summed E-state index contributed by atoms with van der Waals surface area (Å²) in [5.41, 5.74) is 9.30. The molecule has 1 aromatic carbocycles. The molecule has 2 heteroatoms. The Kier molecular flexibility index (Phi) is 5.37. The predicted octanol–water partition coefficient (Wildman–Crippen LogP) is 2.77. The Labute approximate surface area is 92.4 Å². The average molecular weight is 207 g/mol. The molecule has 1 aromatic rings. The lowest BCUT2D eigenvalue weighted by atomic mass is 10.1. The summed E-state index contributed by atoms with van der Waals surface area (Å²) in [7, 11) is 0. The molecule has 0 amide bonds. The SMILES string of the molecule is CCCCOCc1ccc(CN)cc1C. The molecule has 0 aromatic heterocycles. The number of aryl methyl sites for hydroxylation is 1. The lowest BCUT2D eigenvalue weighted by Crippen LogP contribution is -2.00. The van der Waals surface area contributed by atoms with Gasteiger partial charge in [0.15, 0.2) is 0 Å². The van der Waals surface area contributed by atoms with Gasteiger partial charge >= 0.3 is 0 Å². The van der Waals surface area contributed by atoms with Crippen LogP contribution < -0.4 is 5.73 Å². The molecule has 0 saturated heterocycles. The van der Waals surface area contributed by atoms with Gasteiger partial charge in [-0.15, -0.1) is 0 Å². The first-order chi connectivity index (χ1) is 7.27. The Morgan fingerprint density at radius 2 is 2.13 bits per heavy atom.